The first-order valence-corrected chi connectivity index (χ1v) is 10.3. The molecule has 1 aromatic rings. The third-order valence-electron chi connectivity index (χ3n) is 5.42. The summed E-state index contributed by atoms with van der Waals surface area (Å²) < 4.78 is 0.853. The van der Waals surface area contributed by atoms with Crippen LogP contribution in [0.3, 0.4) is 0 Å². The van der Waals surface area contributed by atoms with Crippen molar-refractivity contribution in [3.63, 3.8) is 0 Å². The molecule has 4 nitrogen and oxygen atoms in total. The van der Waals surface area contributed by atoms with Crippen LogP contribution >= 0.6 is 47.8 Å². The van der Waals surface area contributed by atoms with Crippen molar-refractivity contribution in [1.82, 2.24) is 15.1 Å². The Hall–Kier alpha value is -0.0400. The molecule has 0 radical (unpaired) electrons. The van der Waals surface area contributed by atoms with Gasteiger partial charge in [0.25, 0.3) is 0 Å². The Kier molecular flexibility index (Phi) is 10.8. The van der Waals surface area contributed by atoms with Gasteiger partial charge in [-0.25, -0.2) is 0 Å². The molecule has 0 spiro atoms. The predicted molar refractivity (Wildman–Crippen MR) is 115 cm³/mol. The van der Waals surface area contributed by atoms with Crippen molar-refractivity contribution in [3.8, 4) is 0 Å². The average Bonchev–Trinajstić information content (AvgIpc) is 3.01. The maximum atomic E-state index is 12.6. The Morgan fingerprint density at radius 3 is 2.46 bits per heavy atom. The van der Waals surface area contributed by atoms with Crippen molar-refractivity contribution >= 4 is 53.7 Å². The third kappa shape index (κ3) is 6.84. The van der Waals surface area contributed by atoms with Crippen LogP contribution in [0.2, 0.25) is 4.34 Å². The first-order valence-electron chi connectivity index (χ1n) is 9.07. The van der Waals surface area contributed by atoms with E-state index in [1.807, 2.05) is 6.07 Å². The quantitative estimate of drug-likeness (QED) is 0.751. The van der Waals surface area contributed by atoms with Crippen molar-refractivity contribution in [2.45, 2.75) is 32.7 Å². The van der Waals surface area contributed by atoms with Crippen LogP contribution in [0.5, 0.6) is 0 Å². The smallest absolute Gasteiger partial charge is 0.222 e. The highest BCUT2D eigenvalue weighted by atomic mass is 35.5. The van der Waals surface area contributed by atoms with E-state index in [-0.39, 0.29) is 24.8 Å². The van der Waals surface area contributed by atoms with E-state index in [9.17, 15) is 4.79 Å². The van der Waals surface area contributed by atoms with E-state index in [1.54, 1.807) is 11.3 Å². The largest absolute Gasteiger partial charge is 0.340 e. The third-order valence-corrected chi connectivity index (χ3v) is 6.63. The first kappa shape index (κ1) is 24.0. The van der Waals surface area contributed by atoms with Gasteiger partial charge in [0.05, 0.1) is 4.34 Å². The number of thiophene rings is 1. The van der Waals surface area contributed by atoms with Crippen LogP contribution in [0.1, 0.15) is 31.1 Å². The molecule has 0 aliphatic carbocycles. The van der Waals surface area contributed by atoms with Gasteiger partial charge in [0.2, 0.25) is 5.91 Å². The van der Waals surface area contributed by atoms with E-state index >= 15 is 0 Å². The second-order valence-corrected chi connectivity index (χ2v) is 8.93. The number of rotatable bonds is 5. The minimum atomic E-state index is 0. The van der Waals surface area contributed by atoms with Crippen molar-refractivity contribution in [3.05, 3.63) is 21.3 Å². The number of hydrogen-bond acceptors (Lipinski definition) is 4. The average molecular weight is 443 g/mol. The van der Waals surface area contributed by atoms with Crippen LogP contribution in [0, 0.1) is 11.8 Å². The molecule has 26 heavy (non-hydrogen) atoms. The van der Waals surface area contributed by atoms with Crippen LogP contribution in [0.15, 0.2) is 12.1 Å². The lowest BCUT2D eigenvalue weighted by Gasteiger charge is -2.36. The number of nitrogens with one attached hydrogen (secondary N) is 1. The summed E-state index contributed by atoms with van der Waals surface area (Å²) in [5.74, 6) is 1.56. The topological polar surface area (TPSA) is 35.6 Å². The number of piperazine rings is 1. The summed E-state index contributed by atoms with van der Waals surface area (Å²) in [6.07, 6.45) is 3.14. The fourth-order valence-corrected chi connectivity index (χ4v) is 4.93. The molecule has 150 valence electrons. The second kappa shape index (κ2) is 11.7. The maximum absolute atomic E-state index is 12.6. The molecular formula is C18H30Cl3N3OS. The zero-order chi connectivity index (χ0) is 16.9. The van der Waals surface area contributed by atoms with Gasteiger partial charge in [-0.3, -0.25) is 9.69 Å². The number of nitrogens with zero attached hydrogens (tertiary/aromatic N) is 2. The van der Waals surface area contributed by atoms with Gasteiger partial charge >= 0.3 is 0 Å². The van der Waals surface area contributed by atoms with E-state index in [0.29, 0.717) is 24.2 Å². The number of amides is 1. The van der Waals surface area contributed by atoms with E-state index < -0.39 is 0 Å². The molecule has 0 saturated carbocycles. The maximum Gasteiger partial charge on any atom is 0.222 e. The molecule has 1 aromatic heterocycles. The van der Waals surface area contributed by atoms with Crippen molar-refractivity contribution in [2.75, 3.05) is 39.3 Å². The van der Waals surface area contributed by atoms with Crippen LogP contribution in [-0.2, 0) is 11.3 Å². The van der Waals surface area contributed by atoms with Crippen LogP contribution in [0.4, 0.5) is 0 Å². The van der Waals surface area contributed by atoms with Crippen LogP contribution in [-0.4, -0.2) is 55.0 Å². The molecule has 2 saturated heterocycles. The standard InChI is InChI=1S/C18H28ClN3OS.2ClH/c1-14(15-4-6-20-7-5-15)12-18(23)22-10-8-21(9-11-22)13-16-2-3-17(19)24-16;;/h2-3,14-15,20H,4-13H2,1H3;2*1H. The highest BCUT2D eigenvalue weighted by Crippen LogP contribution is 2.26. The Labute approximate surface area is 178 Å². The van der Waals surface area contributed by atoms with E-state index in [4.69, 9.17) is 11.6 Å². The minimum Gasteiger partial charge on any atom is -0.340 e. The molecule has 3 heterocycles. The first-order chi connectivity index (χ1) is 11.6. The van der Waals surface area contributed by atoms with Crippen molar-refractivity contribution in [1.29, 1.82) is 0 Å². The molecule has 1 atom stereocenters. The summed E-state index contributed by atoms with van der Waals surface area (Å²) in [5.41, 5.74) is 0. The molecular weight excluding hydrogens is 413 g/mol. The Bertz CT molecular complexity index is 544. The van der Waals surface area contributed by atoms with E-state index in [0.717, 1.165) is 50.1 Å². The van der Waals surface area contributed by atoms with E-state index in [2.05, 4.69) is 28.1 Å². The van der Waals surface area contributed by atoms with E-state index in [1.165, 1.54) is 17.7 Å². The van der Waals surface area contributed by atoms with Gasteiger partial charge in [0.15, 0.2) is 0 Å². The lowest BCUT2D eigenvalue weighted by atomic mass is 9.84. The van der Waals surface area contributed by atoms with Crippen LogP contribution in [0.25, 0.3) is 0 Å². The van der Waals surface area contributed by atoms with Crippen molar-refractivity contribution in [2.24, 2.45) is 11.8 Å². The molecule has 1 amide bonds. The van der Waals surface area contributed by atoms with Gasteiger partial charge < -0.3 is 10.2 Å². The number of piperidine rings is 1. The fraction of sp³-hybridized carbons (Fsp3) is 0.722. The number of carbonyl (C=O) groups excluding carboxylic acids is 1. The molecule has 2 aliphatic rings. The molecule has 3 rings (SSSR count). The monoisotopic (exact) mass is 441 g/mol. The highest BCUT2D eigenvalue weighted by molar-refractivity contribution is 7.16. The number of halogens is 3. The number of carbonyl (C=O) groups is 1. The Morgan fingerprint density at radius 2 is 1.88 bits per heavy atom. The number of hydrogen-bond donors (Lipinski definition) is 1. The summed E-state index contributed by atoms with van der Waals surface area (Å²) in [7, 11) is 0. The fourth-order valence-electron chi connectivity index (χ4n) is 3.80. The SMILES string of the molecule is CC(CC(=O)N1CCN(Cc2ccc(Cl)s2)CC1)C1CCNCC1.Cl.Cl. The highest BCUT2D eigenvalue weighted by Gasteiger charge is 2.26. The molecule has 2 aliphatic heterocycles. The van der Waals surface area contributed by atoms with Crippen LogP contribution < -0.4 is 5.32 Å². The summed E-state index contributed by atoms with van der Waals surface area (Å²) in [6.45, 7) is 9.05. The summed E-state index contributed by atoms with van der Waals surface area (Å²) in [5, 5.41) is 3.40. The normalized spacial score (nSPS) is 20.2. The van der Waals surface area contributed by atoms with Crippen molar-refractivity contribution < 1.29 is 4.79 Å². The van der Waals surface area contributed by atoms with Gasteiger partial charge in [0.1, 0.15) is 0 Å². The molecule has 8 heteroatoms. The molecule has 0 bridgehead atoms. The summed E-state index contributed by atoms with van der Waals surface area (Å²) in [6, 6.07) is 4.06. The minimum absolute atomic E-state index is 0. The zero-order valence-corrected chi connectivity index (χ0v) is 18.5. The van der Waals surface area contributed by atoms with Gasteiger partial charge in [-0.15, -0.1) is 36.2 Å². The molecule has 1 unspecified atom stereocenters. The van der Waals surface area contributed by atoms with Gasteiger partial charge in [0, 0.05) is 44.0 Å². The van der Waals surface area contributed by atoms with Gasteiger partial charge in [-0.2, -0.15) is 0 Å². The summed E-state index contributed by atoms with van der Waals surface area (Å²) in [4.78, 5) is 18.4. The molecule has 1 N–H and O–H groups in total. The molecule has 2 fully saturated rings. The Balaban J connectivity index is 0.00000169. The summed E-state index contributed by atoms with van der Waals surface area (Å²) >= 11 is 7.65. The molecule has 0 aromatic carbocycles. The van der Waals surface area contributed by atoms with Gasteiger partial charge in [-0.05, 0) is 49.9 Å². The van der Waals surface area contributed by atoms with Gasteiger partial charge in [-0.1, -0.05) is 18.5 Å². The zero-order valence-electron chi connectivity index (χ0n) is 15.3. The Morgan fingerprint density at radius 1 is 1.23 bits per heavy atom. The lowest BCUT2D eigenvalue weighted by molar-refractivity contribution is -0.134. The lowest BCUT2D eigenvalue weighted by Crippen LogP contribution is -2.48. The predicted octanol–water partition coefficient (Wildman–Crippen LogP) is 3.92. The second-order valence-electron chi connectivity index (χ2n) is 7.13.